The molecule has 0 saturated heterocycles. The van der Waals surface area contributed by atoms with E-state index < -0.39 is 29.7 Å². The van der Waals surface area contributed by atoms with E-state index in [1.54, 1.807) is 0 Å². The number of rotatable bonds is 5. The number of carbonyl (C=O) groups excluding carboxylic acids is 3. The van der Waals surface area contributed by atoms with E-state index in [0.29, 0.717) is 12.0 Å². The van der Waals surface area contributed by atoms with E-state index in [4.69, 9.17) is 4.74 Å². The van der Waals surface area contributed by atoms with Crippen molar-refractivity contribution in [3.63, 3.8) is 0 Å². The number of hydrogen-bond donors (Lipinski definition) is 2. The van der Waals surface area contributed by atoms with E-state index in [0.717, 1.165) is 0 Å². The standard InChI is InChI=1S/C17H21FN2O4/c1-9(2)6-14(17(23)24-3)20-16(22)12-8-15(21)19-13-7-10(18)4-5-11(12)13/h4-5,7,9,12,14H,6,8H2,1-3H3,(H,19,21)(H,20,22)/t12-,14-/m0/s1. The van der Waals surface area contributed by atoms with Gasteiger partial charge in [-0.05, 0) is 30.0 Å². The molecular weight excluding hydrogens is 315 g/mol. The van der Waals surface area contributed by atoms with E-state index in [1.165, 1.54) is 25.3 Å². The molecule has 1 aliphatic rings. The number of esters is 1. The Hall–Kier alpha value is -2.44. The molecule has 1 heterocycles. The van der Waals surface area contributed by atoms with Gasteiger partial charge in [0, 0.05) is 12.1 Å². The molecule has 1 aromatic rings. The van der Waals surface area contributed by atoms with Crippen molar-refractivity contribution in [1.82, 2.24) is 5.32 Å². The Morgan fingerprint density at radius 2 is 2.12 bits per heavy atom. The molecule has 2 amide bonds. The minimum atomic E-state index is -0.781. The lowest BCUT2D eigenvalue weighted by Gasteiger charge is -2.27. The van der Waals surface area contributed by atoms with Crippen LogP contribution in [0.25, 0.3) is 0 Å². The van der Waals surface area contributed by atoms with Gasteiger partial charge in [-0.1, -0.05) is 19.9 Å². The van der Waals surface area contributed by atoms with Crippen LogP contribution in [0.1, 0.15) is 38.2 Å². The number of halogens is 1. The van der Waals surface area contributed by atoms with Crippen molar-refractivity contribution in [3.05, 3.63) is 29.6 Å². The fourth-order valence-electron chi connectivity index (χ4n) is 2.77. The van der Waals surface area contributed by atoms with E-state index in [-0.39, 0.29) is 23.9 Å². The third-order valence-corrected chi connectivity index (χ3v) is 3.88. The average molecular weight is 336 g/mol. The quantitative estimate of drug-likeness (QED) is 0.805. The lowest BCUT2D eigenvalue weighted by Crippen LogP contribution is -2.45. The SMILES string of the molecule is COC(=O)[C@H](CC(C)C)NC(=O)[C@H]1CC(=O)Nc2cc(F)ccc21. The van der Waals surface area contributed by atoms with Gasteiger partial charge in [0.05, 0.1) is 13.0 Å². The predicted octanol–water partition coefficient (Wildman–Crippen LogP) is 1.96. The highest BCUT2D eigenvalue weighted by molar-refractivity contribution is 6.01. The molecule has 0 bridgehead atoms. The summed E-state index contributed by atoms with van der Waals surface area (Å²) in [5.41, 5.74) is 0.812. The van der Waals surface area contributed by atoms with Crippen molar-refractivity contribution in [1.29, 1.82) is 0 Å². The molecule has 1 aromatic carbocycles. The van der Waals surface area contributed by atoms with Gasteiger partial charge in [-0.25, -0.2) is 9.18 Å². The average Bonchev–Trinajstić information content (AvgIpc) is 2.51. The van der Waals surface area contributed by atoms with Crippen LogP contribution >= 0.6 is 0 Å². The van der Waals surface area contributed by atoms with E-state index in [1.807, 2.05) is 13.8 Å². The maximum absolute atomic E-state index is 13.3. The number of ether oxygens (including phenoxy) is 1. The molecule has 2 N–H and O–H groups in total. The predicted molar refractivity (Wildman–Crippen MR) is 85.8 cm³/mol. The second-order valence-corrected chi connectivity index (χ2v) is 6.25. The van der Waals surface area contributed by atoms with Crippen LogP contribution in [0.4, 0.5) is 10.1 Å². The first-order valence-electron chi connectivity index (χ1n) is 7.79. The van der Waals surface area contributed by atoms with Crippen molar-refractivity contribution in [2.75, 3.05) is 12.4 Å². The van der Waals surface area contributed by atoms with Crippen molar-refractivity contribution in [2.24, 2.45) is 5.92 Å². The summed E-state index contributed by atoms with van der Waals surface area (Å²) in [6, 6.07) is 3.11. The monoisotopic (exact) mass is 336 g/mol. The first kappa shape index (κ1) is 17.9. The van der Waals surface area contributed by atoms with Gasteiger partial charge >= 0.3 is 5.97 Å². The summed E-state index contributed by atoms with van der Waals surface area (Å²) in [6.07, 6.45) is 0.369. The maximum Gasteiger partial charge on any atom is 0.328 e. The Morgan fingerprint density at radius 3 is 2.75 bits per heavy atom. The number of benzene rings is 1. The molecule has 24 heavy (non-hydrogen) atoms. The minimum Gasteiger partial charge on any atom is -0.467 e. The van der Waals surface area contributed by atoms with Crippen molar-refractivity contribution in [2.45, 2.75) is 38.6 Å². The van der Waals surface area contributed by atoms with E-state index in [2.05, 4.69) is 10.6 Å². The summed E-state index contributed by atoms with van der Waals surface area (Å²) in [6.45, 7) is 3.85. The molecule has 0 radical (unpaired) electrons. The number of amides is 2. The van der Waals surface area contributed by atoms with Crippen LogP contribution in [0.2, 0.25) is 0 Å². The van der Waals surface area contributed by atoms with Crippen LogP contribution in [-0.4, -0.2) is 30.9 Å². The van der Waals surface area contributed by atoms with Crippen LogP contribution in [0.3, 0.4) is 0 Å². The number of hydrogen-bond acceptors (Lipinski definition) is 4. The van der Waals surface area contributed by atoms with Gasteiger partial charge in [0.1, 0.15) is 11.9 Å². The Morgan fingerprint density at radius 1 is 1.42 bits per heavy atom. The molecular formula is C17H21FN2O4. The van der Waals surface area contributed by atoms with Crippen LogP contribution < -0.4 is 10.6 Å². The van der Waals surface area contributed by atoms with Crippen molar-refractivity contribution < 1.29 is 23.5 Å². The molecule has 0 saturated carbocycles. The second kappa shape index (κ2) is 7.42. The molecule has 2 atom stereocenters. The fraction of sp³-hybridized carbons (Fsp3) is 0.471. The molecule has 0 spiro atoms. The van der Waals surface area contributed by atoms with Gasteiger partial charge in [0.2, 0.25) is 11.8 Å². The van der Waals surface area contributed by atoms with E-state index >= 15 is 0 Å². The highest BCUT2D eigenvalue weighted by atomic mass is 19.1. The summed E-state index contributed by atoms with van der Waals surface area (Å²) in [5, 5.41) is 5.21. The van der Waals surface area contributed by atoms with Gasteiger partial charge in [-0.15, -0.1) is 0 Å². The normalized spacial score (nSPS) is 17.7. The molecule has 7 heteroatoms. The molecule has 0 fully saturated rings. The largest absolute Gasteiger partial charge is 0.467 e. The maximum atomic E-state index is 13.3. The molecule has 1 aliphatic heterocycles. The number of carbonyl (C=O) groups is 3. The van der Waals surface area contributed by atoms with Crippen LogP contribution in [0.5, 0.6) is 0 Å². The van der Waals surface area contributed by atoms with Crippen LogP contribution in [0.15, 0.2) is 18.2 Å². The topological polar surface area (TPSA) is 84.5 Å². The molecule has 2 rings (SSSR count). The van der Waals surface area contributed by atoms with Crippen molar-refractivity contribution in [3.8, 4) is 0 Å². The number of fused-ring (bicyclic) bond motifs is 1. The zero-order valence-electron chi connectivity index (χ0n) is 13.9. The molecule has 130 valence electrons. The smallest absolute Gasteiger partial charge is 0.328 e. The van der Waals surface area contributed by atoms with Gasteiger partial charge in [-0.2, -0.15) is 0 Å². The first-order valence-corrected chi connectivity index (χ1v) is 7.79. The zero-order valence-corrected chi connectivity index (χ0v) is 13.9. The van der Waals surface area contributed by atoms with Crippen LogP contribution in [-0.2, 0) is 19.1 Å². The summed E-state index contributed by atoms with van der Waals surface area (Å²) < 4.78 is 18.1. The number of methoxy groups -OCH3 is 1. The summed E-state index contributed by atoms with van der Waals surface area (Å²) in [4.78, 5) is 36.3. The fourth-order valence-corrected chi connectivity index (χ4v) is 2.77. The molecule has 6 nitrogen and oxygen atoms in total. The van der Waals surface area contributed by atoms with Crippen molar-refractivity contribution >= 4 is 23.5 Å². The highest BCUT2D eigenvalue weighted by Gasteiger charge is 2.33. The molecule has 0 aliphatic carbocycles. The Kier molecular flexibility index (Phi) is 5.54. The minimum absolute atomic E-state index is 0.0555. The van der Waals surface area contributed by atoms with Gasteiger partial charge in [0.15, 0.2) is 0 Å². The zero-order chi connectivity index (χ0) is 17.9. The Balaban J connectivity index is 2.22. The van der Waals surface area contributed by atoms with Gasteiger partial charge in [0.25, 0.3) is 0 Å². The van der Waals surface area contributed by atoms with Gasteiger partial charge < -0.3 is 15.4 Å². The molecule has 0 aromatic heterocycles. The summed E-state index contributed by atoms with van der Waals surface area (Å²) >= 11 is 0. The number of nitrogens with one attached hydrogen (secondary N) is 2. The third kappa shape index (κ3) is 4.10. The van der Waals surface area contributed by atoms with Gasteiger partial charge in [-0.3, -0.25) is 9.59 Å². The molecule has 0 unspecified atom stereocenters. The number of anilines is 1. The summed E-state index contributed by atoms with van der Waals surface area (Å²) in [5.74, 6) is -2.45. The second-order valence-electron chi connectivity index (χ2n) is 6.25. The Labute approximate surface area is 139 Å². The first-order chi connectivity index (χ1) is 11.3. The highest BCUT2D eigenvalue weighted by Crippen LogP contribution is 2.33. The Bertz CT molecular complexity index is 660. The summed E-state index contributed by atoms with van der Waals surface area (Å²) in [7, 11) is 1.26. The lowest BCUT2D eigenvalue weighted by molar-refractivity contribution is -0.145. The lowest BCUT2D eigenvalue weighted by atomic mass is 9.89. The van der Waals surface area contributed by atoms with Crippen LogP contribution in [0, 0.1) is 11.7 Å². The van der Waals surface area contributed by atoms with E-state index in [9.17, 15) is 18.8 Å². The third-order valence-electron chi connectivity index (χ3n) is 3.88.